The van der Waals surface area contributed by atoms with Gasteiger partial charge in [0.15, 0.2) is 5.65 Å². The number of sulfonamides is 1. The zero-order chi connectivity index (χ0) is 16.4. The highest BCUT2D eigenvalue weighted by Gasteiger charge is 2.28. The highest BCUT2D eigenvalue weighted by molar-refractivity contribution is 7.89. The van der Waals surface area contributed by atoms with Gasteiger partial charge >= 0.3 is 5.69 Å². The fourth-order valence-corrected chi connectivity index (χ4v) is 4.44. The molecule has 2 aromatic rings. The SMILES string of the molecule is N#CCn1nc2c(S(=O)(=O)N3CCCCCC3)cccn2c1=O. The molecule has 1 aliphatic rings. The minimum absolute atomic E-state index is 0.00990. The van der Waals surface area contributed by atoms with E-state index >= 15 is 0 Å². The summed E-state index contributed by atoms with van der Waals surface area (Å²) in [4.78, 5) is 12.1. The Hall–Kier alpha value is -2.18. The van der Waals surface area contributed by atoms with E-state index in [-0.39, 0.29) is 17.1 Å². The Balaban J connectivity index is 2.13. The number of pyridine rings is 1. The van der Waals surface area contributed by atoms with Gasteiger partial charge in [0.25, 0.3) is 0 Å². The summed E-state index contributed by atoms with van der Waals surface area (Å²) in [5.41, 5.74) is -0.452. The molecule has 3 heterocycles. The average molecular weight is 335 g/mol. The first kappa shape index (κ1) is 15.7. The summed E-state index contributed by atoms with van der Waals surface area (Å²) >= 11 is 0. The van der Waals surface area contributed by atoms with E-state index in [0.29, 0.717) is 13.1 Å². The van der Waals surface area contributed by atoms with Crippen LogP contribution in [0.1, 0.15) is 25.7 Å². The third kappa shape index (κ3) is 2.75. The molecule has 3 rings (SSSR count). The molecule has 2 aromatic heterocycles. The molecule has 122 valence electrons. The second-order valence-electron chi connectivity index (χ2n) is 5.48. The standard InChI is InChI=1S/C14H17N5O3S/c15-7-11-19-14(20)18-10-5-6-12(13(18)16-19)23(21,22)17-8-3-1-2-4-9-17/h5-6,10H,1-4,8-9,11H2. The number of nitriles is 1. The molecular formula is C14H17N5O3S. The first-order valence-corrected chi connectivity index (χ1v) is 8.95. The molecule has 1 aliphatic heterocycles. The smallest absolute Gasteiger partial charge is 0.249 e. The molecule has 0 aliphatic carbocycles. The van der Waals surface area contributed by atoms with Crippen LogP contribution >= 0.6 is 0 Å². The molecule has 0 N–H and O–H groups in total. The Morgan fingerprint density at radius 2 is 1.91 bits per heavy atom. The van der Waals surface area contributed by atoms with Crippen molar-refractivity contribution in [1.29, 1.82) is 5.26 Å². The van der Waals surface area contributed by atoms with Crippen LogP contribution in [0.5, 0.6) is 0 Å². The van der Waals surface area contributed by atoms with Crippen LogP contribution in [-0.2, 0) is 16.6 Å². The molecule has 0 spiro atoms. The molecule has 23 heavy (non-hydrogen) atoms. The van der Waals surface area contributed by atoms with Gasteiger partial charge in [-0.05, 0) is 25.0 Å². The van der Waals surface area contributed by atoms with Gasteiger partial charge in [0.05, 0.1) is 6.07 Å². The van der Waals surface area contributed by atoms with E-state index in [1.807, 2.05) is 6.07 Å². The fraction of sp³-hybridized carbons (Fsp3) is 0.500. The van der Waals surface area contributed by atoms with E-state index in [1.54, 1.807) is 0 Å². The van der Waals surface area contributed by atoms with Crippen LogP contribution in [-0.4, -0.2) is 40.0 Å². The Kier molecular flexibility index (Phi) is 4.19. The quantitative estimate of drug-likeness (QED) is 0.817. The van der Waals surface area contributed by atoms with Crippen molar-refractivity contribution < 1.29 is 8.42 Å². The van der Waals surface area contributed by atoms with Crippen LogP contribution in [0.25, 0.3) is 5.65 Å². The minimum atomic E-state index is -3.72. The van der Waals surface area contributed by atoms with Gasteiger partial charge in [-0.3, -0.25) is 0 Å². The zero-order valence-corrected chi connectivity index (χ0v) is 13.4. The fourth-order valence-electron chi connectivity index (χ4n) is 2.81. The van der Waals surface area contributed by atoms with Crippen LogP contribution in [0, 0.1) is 11.3 Å². The molecule has 1 fully saturated rings. The van der Waals surface area contributed by atoms with Crippen LogP contribution in [0.4, 0.5) is 0 Å². The summed E-state index contributed by atoms with van der Waals surface area (Å²) in [5, 5.41) is 12.8. The minimum Gasteiger partial charge on any atom is -0.249 e. The molecule has 8 nitrogen and oxygen atoms in total. The first-order valence-electron chi connectivity index (χ1n) is 7.51. The number of hydrogen-bond donors (Lipinski definition) is 0. The molecule has 0 amide bonds. The highest BCUT2D eigenvalue weighted by Crippen LogP contribution is 2.22. The number of fused-ring (bicyclic) bond motifs is 1. The normalized spacial score (nSPS) is 17.0. The van der Waals surface area contributed by atoms with Crippen LogP contribution < -0.4 is 5.69 Å². The van der Waals surface area contributed by atoms with E-state index in [1.165, 1.54) is 27.0 Å². The van der Waals surface area contributed by atoms with Crippen molar-refractivity contribution in [3.8, 4) is 6.07 Å². The summed E-state index contributed by atoms with van der Waals surface area (Å²) in [6.07, 6.45) is 5.16. The van der Waals surface area contributed by atoms with E-state index in [2.05, 4.69) is 5.10 Å². The van der Waals surface area contributed by atoms with Crippen LogP contribution in [0.15, 0.2) is 28.0 Å². The first-order chi connectivity index (χ1) is 11.1. The van der Waals surface area contributed by atoms with Gasteiger partial charge in [-0.25, -0.2) is 17.6 Å². The molecule has 0 bridgehead atoms. The highest BCUT2D eigenvalue weighted by atomic mass is 32.2. The molecular weight excluding hydrogens is 318 g/mol. The van der Waals surface area contributed by atoms with E-state index < -0.39 is 15.7 Å². The second kappa shape index (κ2) is 6.14. The van der Waals surface area contributed by atoms with Crippen LogP contribution in [0.2, 0.25) is 0 Å². The van der Waals surface area contributed by atoms with Gasteiger partial charge in [-0.1, -0.05) is 12.8 Å². The maximum atomic E-state index is 12.9. The van der Waals surface area contributed by atoms with Crippen molar-refractivity contribution in [3.63, 3.8) is 0 Å². The largest absolute Gasteiger partial charge is 0.351 e. The second-order valence-corrected chi connectivity index (χ2v) is 7.39. The summed E-state index contributed by atoms with van der Waals surface area (Å²) in [6, 6.07) is 4.81. The molecule has 1 saturated heterocycles. The molecule has 0 atom stereocenters. The van der Waals surface area contributed by atoms with Gasteiger partial charge < -0.3 is 0 Å². The number of hydrogen-bond acceptors (Lipinski definition) is 5. The van der Waals surface area contributed by atoms with E-state index in [4.69, 9.17) is 5.26 Å². The number of rotatable bonds is 3. The Morgan fingerprint density at radius 1 is 1.22 bits per heavy atom. The summed E-state index contributed by atoms with van der Waals surface area (Å²) in [5.74, 6) is 0. The lowest BCUT2D eigenvalue weighted by Gasteiger charge is -2.19. The molecule has 0 unspecified atom stereocenters. The van der Waals surface area contributed by atoms with Crippen molar-refractivity contribution in [2.45, 2.75) is 37.1 Å². The average Bonchev–Trinajstić information content (AvgIpc) is 2.73. The predicted molar refractivity (Wildman–Crippen MR) is 82.3 cm³/mol. The zero-order valence-electron chi connectivity index (χ0n) is 12.6. The van der Waals surface area contributed by atoms with Gasteiger partial charge in [-0.15, -0.1) is 5.10 Å². The van der Waals surface area contributed by atoms with E-state index in [9.17, 15) is 13.2 Å². The lowest BCUT2D eigenvalue weighted by Crippen LogP contribution is -2.32. The van der Waals surface area contributed by atoms with E-state index in [0.717, 1.165) is 30.4 Å². The Morgan fingerprint density at radius 3 is 2.57 bits per heavy atom. The number of nitrogens with zero attached hydrogens (tertiary/aromatic N) is 5. The monoisotopic (exact) mass is 335 g/mol. The summed E-state index contributed by atoms with van der Waals surface area (Å²) in [6.45, 7) is 0.739. The lowest BCUT2D eigenvalue weighted by atomic mass is 10.2. The molecule has 0 radical (unpaired) electrons. The maximum absolute atomic E-state index is 12.9. The van der Waals surface area contributed by atoms with Gasteiger partial charge in [0, 0.05) is 19.3 Å². The van der Waals surface area contributed by atoms with Gasteiger partial charge in [-0.2, -0.15) is 14.2 Å². The predicted octanol–water partition coefficient (Wildman–Crippen LogP) is 0.584. The van der Waals surface area contributed by atoms with Gasteiger partial charge in [0.1, 0.15) is 11.4 Å². The molecule has 9 heteroatoms. The Bertz CT molecular complexity index is 914. The molecule has 0 aromatic carbocycles. The summed E-state index contributed by atoms with van der Waals surface area (Å²) in [7, 11) is -3.72. The molecule has 0 saturated carbocycles. The van der Waals surface area contributed by atoms with Crippen molar-refractivity contribution in [3.05, 3.63) is 28.8 Å². The third-order valence-electron chi connectivity index (χ3n) is 3.98. The lowest BCUT2D eigenvalue weighted by molar-refractivity contribution is 0.424. The van der Waals surface area contributed by atoms with Crippen molar-refractivity contribution in [1.82, 2.24) is 18.5 Å². The van der Waals surface area contributed by atoms with Crippen molar-refractivity contribution in [2.24, 2.45) is 0 Å². The van der Waals surface area contributed by atoms with Crippen LogP contribution in [0.3, 0.4) is 0 Å². The van der Waals surface area contributed by atoms with Gasteiger partial charge in [0.2, 0.25) is 10.0 Å². The van der Waals surface area contributed by atoms with Crippen molar-refractivity contribution in [2.75, 3.05) is 13.1 Å². The summed E-state index contributed by atoms with van der Waals surface area (Å²) < 4.78 is 29.5. The third-order valence-corrected chi connectivity index (χ3v) is 5.90. The Labute approximate surface area is 133 Å². The number of aromatic nitrogens is 3. The topological polar surface area (TPSA) is 100 Å². The maximum Gasteiger partial charge on any atom is 0.351 e. The van der Waals surface area contributed by atoms with Crippen molar-refractivity contribution >= 4 is 15.7 Å².